The number of anilines is 1. The maximum atomic E-state index is 10.3. The molecule has 2 aromatic rings. The maximum Gasteiger partial charge on any atom is 0.303 e. The van der Waals surface area contributed by atoms with Crippen molar-refractivity contribution in [2.75, 3.05) is 11.9 Å². The Morgan fingerprint density at radius 2 is 2.06 bits per heavy atom. The number of carbonyl (C=O) groups is 1. The largest absolute Gasteiger partial charge is 0.481 e. The topological polar surface area (TPSA) is 75.1 Å². The highest BCUT2D eigenvalue weighted by atomic mass is 32.1. The number of carboxylic acids is 1. The van der Waals surface area contributed by atoms with Gasteiger partial charge in [-0.05, 0) is 6.42 Å². The number of carboxylic acid groups (broad SMARTS) is 1. The van der Waals surface area contributed by atoms with Crippen LogP contribution in [-0.4, -0.2) is 27.8 Å². The number of benzene rings is 1. The molecule has 94 valence electrons. The second-order valence-corrected chi connectivity index (χ2v) is 4.68. The first-order valence-corrected chi connectivity index (χ1v) is 6.42. The Kier molecular flexibility index (Phi) is 4.25. The van der Waals surface area contributed by atoms with Gasteiger partial charge in [0.25, 0.3) is 0 Å². The van der Waals surface area contributed by atoms with Gasteiger partial charge < -0.3 is 10.4 Å². The molecule has 0 aliphatic carbocycles. The van der Waals surface area contributed by atoms with Crippen LogP contribution in [-0.2, 0) is 4.79 Å². The Morgan fingerprint density at radius 1 is 1.28 bits per heavy atom. The Morgan fingerprint density at radius 3 is 2.78 bits per heavy atom. The zero-order valence-electron chi connectivity index (χ0n) is 9.67. The summed E-state index contributed by atoms with van der Waals surface area (Å²) in [5, 5.41) is 21.3. The predicted molar refractivity (Wildman–Crippen MR) is 70.7 cm³/mol. The number of rotatable bonds is 6. The molecule has 0 aliphatic rings. The van der Waals surface area contributed by atoms with Crippen molar-refractivity contribution >= 4 is 22.4 Å². The molecule has 0 saturated carbocycles. The lowest BCUT2D eigenvalue weighted by atomic mass is 10.2. The molecule has 1 heterocycles. The number of nitrogens with one attached hydrogen (secondary N) is 1. The third-order valence-corrected chi connectivity index (χ3v) is 3.22. The van der Waals surface area contributed by atoms with E-state index in [1.165, 1.54) is 11.3 Å². The lowest BCUT2D eigenvalue weighted by Crippen LogP contribution is -2.04. The molecule has 0 atom stereocenters. The molecule has 0 aliphatic heterocycles. The quantitative estimate of drug-likeness (QED) is 0.783. The van der Waals surface area contributed by atoms with Crippen LogP contribution in [0.5, 0.6) is 0 Å². The van der Waals surface area contributed by atoms with Gasteiger partial charge >= 0.3 is 5.97 Å². The molecule has 0 saturated heterocycles. The molecular formula is C12H13N3O2S. The highest BCUT2D eigenvalue weighted by Crippen LogP contribution is 2.25. The molecule has 0 amide bonds. The van der Waals surface area contributed by atoms with Gasteiger partial charge in [-0.2, -0.15) is 0 Å². The highest BCUT2D eigenvalue weighted by Gasteiger charge is 2.05. The van der Waals surface area contributed by atoms with Gasteiger partial charge in [0, 0.05) is 18.5 Å². The summed E-state index contributed by atoms with van der Waals surface area (Å²) in [6.07, 6.45) is 0.743. The summed E-state index contributed by atoms with van der Waals surface area (Å²) in [4.78, 5) is 10.3. The molecule has 0 radical (unpaired) electrons. The Balaban J connectivity index is 1.89. The van der Waals surface area contributed by atoms with Crippen LogP contribution in [0.4, 0.5) is 5.13 Å². The van der Waals surface area contributed by atoms with Crippen LogP contribution in [0, 0.1) is 0 Å². The SMILES string of the molecule is O=C(O)CCCNc1nnc(-c2ccccc2)s1. The van der Waals surface area contributed by atoms with E-state index < -0.39 is 5.97 Å². The molecule has 0 unspecified atom stereocenters. The number of hydrogen-bond acceptors (Lipinski definition) is 5. The molecule has 2 N–H and O–H groups in total. The van der Waals surface area contributed by atoms with E-state index in [0.717, 1.165) is 15.7 Å². The molecule has 1 aromatic carbocycles. The standard InChI is InChI=1S/C12H13N3O2S/c16-10(17)7-4-8-13-12-15-14-11(18-12)9-5-2-1-3-6-9/h1-3,5-6H,4,7-8H2,(H,13,15)(H,16,17). The van der Waals surface area contributed by atoms with E-state index in [-0.39, 0.29) is 6.42 Å². The van der Waals surface area contributed by atoms with E-state index in [0.29, 0.717) is 13.0 Å². The van der Waals surface area contributed by atoms with Gasteiger partial charge in [0.05, 0.1) is 0 Å². The fourth-order valence-electron chi connectivity index (χ4n) is 1.43. The Labute approximate surface area is 109 Å². The van der Waals surface area contributed by atoms with Gasteiger partial charge in [-0.15, -0.1) is 10.2 Å². The van der Waals surface area contributed by atoms with Crippen molar-refractivity contribution in [2.24, 2.45) is 0 Å². The van der Waals surface area contributed by atoms with Crippen molar-refractivity contribution in [1.29, 1.82) is 0 Å². The van der Waals surface area contributed by atoms with E-state index in [9.17, 15) is 4.79 Å². The van der Waals surface area contributed by atoms with Gasteiger partial charge in [0.15, 0.2) is 0 Å². The number of nitrogens with zero attached hydrogens (tertiary/aromatic N) is 2. The van der Waals surface area contributed by atoms with Gasteiger partial charge in [-0.3, -0.25) is 4.79 Å². The molecule has 0 spiro atoms. The molecule has 0 fully saturated rings. The van der Waals surface area contributed by atoms with Gasteiger partial charge in [-0.1, -0.05) is 41.7 Å². The third-order valence-electron chi connectivity index (χ3n) is 2.29. The Bertz CT molecular complexity index is 513. The minimum absolute atomic E-state index is 0.164. The maximum absolute atomic E-state index is 10.3. The van der Waals surface area contributed by atoms with Gasteiger partial charge in [-0.25, -0.2) is 0 Å². The van der Waals surface area contributed by atoms with Crippen LogP contribution >= 0.6 is 11.3 Å². The molecule has 1 aromatic heterocycles. The van der Waals surface area contributed by atoms with Crippen molar-refractivity contribution in [3.05, 3.63) is 30.3 Å². The van der Waals surface area contributed by atoms with E-state index in [2.05, 4.69) is 15.5 Å². The fourth-order valence-corrected chi connectivity index (χ4v) is 2.20. The molecule has 0 bridgehead atoms. The van der Waals surface area contributed by atoms with Crippen molar-refractivity contribution in [3.8, 4) is 10.6 Å². The normalized spacial score (nSPS) is 10.2. The minimum Gasteiger partial charge on any atom is -0.481 e. The Hall–Kier alpha value is -1.95. The molecular weight excluding hydrogens is 250 g/mol. The van der Waals surface area contributed by atoms with Crippen LogP contribution in [0.25, 0.3) is 10.6 Å². The lowest BCUT2D eigenvalue weighted by molar-refractivity contribution is -0.137. The third kappa shape index (κ3) is 3.53. The zero-order chi connectivity index (χ0) is 12.8. The molecule has 6 heteroatoms. The molecule has 2 rings (SSSR count). The van der Waals surface area contributed by atoms with E-state index >= 15 is 0 Å². The number of hydrogen-bond donors (Lipinski definition) is 2. The summed E-state index contributed by atoms with van der Waals surface area (Å²) in [7, 11) is 0. The smallest absolute Gasteiger partial charge is 0.303 e. The van der Waals surface area contributed by atoms with Crippen molar-refractivity contribution in [1.82, 2.24) is 10.2 Å². The van der Waals surface area contributed by atoms with Crippen LogP contribution in [0.15, 0.2) is 30.3 Å². The van der Waals surface area contributed by atoms with Gasteiger partial charge in [0.2, 0.25) is 5.13 Å². The van der Waals surface area contributed by atoms with E-state index in [1.54, 1.807) is 0 Å². The first-order chi connectivity index (χ1) is 8.75. The first kappa shape index (κ1) is 12.5. The number of aromatic nitrogens is 2. The lowest BCUT2D eigenvalue weighted by Gasteiger charge is -1.98. The average molecular weight is 263 g/mol. The predicted octanol–water partition coefficient (Wildman–Crippen LogP) is 2.48. The second kappa shape index (κ2) is 6.11. The van der Waals surface area contributed by atoms with Crippen LogP contribution in [0.3, 0.4) is 0 Å². The van der Waals surface area contributed by atoms with Crippen LogP contribution in [0.1, 0.15) is 12.8 Å². The van der Waals surface area contributed by atoms with E-state index in [1.807, 2.05) is 30.3 Å². The summed E-state index contributed by atoms with van der Waals surface area (Å²) in [6.45, 7) is 0.593. The zero-order valence-corrected chi connectivity index (χ0v) is 10.5. The summed E-state index contributed by atoms with van der Waals surface area (Å²) >= 11 is 1.46. The second-order valence-electron chi connectivity index (χ2n) is 3.70. The summed E-state index contributed by atoms with van der Waals surface area (Å²) in [5.41, 5.74) is 1.04. The van der Waals surface area contributed by atoms with Crippen LogP contribution in [0.2, 0.25) is 0 Å². The van der Waals surface area contributed by atoms with Crippen molar-refractivity contribution in [3.63, 3.8) is 0 Å². The highest BCUT2D eigenvalue weighted by molar-refractivity contribution is 7.18. The summed E-state index contributed by atoms with van der Waals surface area (Å²) in [6, 6.07) is 9.83. The summed E-state index contributed by atoms with van der Waals surface area (Å²) in [5.74, 6) is -0.779. The first-order valence-electron chi connectivity index (χ1n) is 5.60. The van der Waals surface area contributed by atoms with Crippen LogP contribution < -0.4 is 5.32 Å². The fraction of sp³-hybridized carbons (Fsp3) is 0.250. The van der Waals surface area contributed by atoms with Crippen molar-refractivity contribution in [2.45, 2.75) is 12.8 Å². The summed E-state index contributed by atoms with van der Waals surface area (Å²) < 4.78 is 0. The number of aliphatic carboxylic acids is 1. The molecule has 18 heavy (non-hydrogen) atoms. The minimum atomic E-state index is -0.779. The van der Waals surface area contributed by atoms with Gasteiger partial charge in [0.1, 0.15) is 5.01 Å². The molecule has 5 nitrogen and oxygen atoms in total. The monoisotopic (exact) mass is 263 g/mol. The van der Waals surface area contributed by atoms with Crippen molar-refractivity contribution < 1.29 is 9.90 Å². The van der Waals surface area contributed by atoms with E-state index in [4.69, 9.17) is 5.11 Å². The average Bonchev–Trinajstić information content (AvgIpc) is 2.84.